The molecule has 1 N–H and O–H groups in total. The molecule has 2 unspecified atom stereocenters. The lowest BCUT2D eigenvalue weighted by molar-refractivity contribution is -0.139. The summed E-state index contributed by atoms with van der Waals surface area (Å²) in [4.78, 5) is 12.9. The van der Waals surface area contributed by atoms with Crippen molar-refractivity contribution >= 4 is 5.97 Å². The molecule has 2 rings (SSSR count). The molecule has 1 heterocycles. The summed E-state index contributed by atoms with van der Waals surface area (Å²) in [5, 5.41) is 8.82. The number of carbonyl (C=O) groups is 1. The quantitative estimate of drug-likeness (QED) is 0.722. The van der Waals surface area contributed by atoms with Gasteiger partial charge in [-0.05, 0) is 26.3 Å². The lowest BCUT2D eigenvalue weighted by Gasteiger charge is -2.31. The van der Waals surface area contributed by atoms with E-state index in [0.717, 1.165) is 32.5 Å². The van der Waals surface area contributed by atoms with Gasteiger partial charge in [-0.2, -0.15) is 0 Å². The van der Waals surface area contributed by atoms with Crippen molar-refractivity contribution in [2.75, 3.05) is 20.3 Å². The van der Waals surface area contributed by atoms with Crippen LogP contribution >= 0.6 is 0 Å². The Morgan fingerprint density at radius 3 is 2.57 bits per heavy atom. The fourth-order valence-corrected chi connectivity index (χ4v) is 2.26. The van der Waals surface area contributed by atoms with E-state index in [1.165, 1.54) is 0 Å². The maximum absolute atomic E-state index is 10.7. The first-order chi connectivity index (χ1) is 6.70. The Morgan fingerprint density at radius 1 is 1.43 bits per heavy atom. The number of carboxylic acids is 1. The number of aliphatic carboxylic acids is 1. The van der Waals surface area contributed by atoms with E-state index in [2.05, 4.69) is 4.90 Å². The van der Waals surface area contributed by atoms with Crippen LogP contribution in [0.15, 0.2) is 0 Å². The lowest BCUT2D eigenvalue weighted by atomic mass is 10.1. The maximum atomic E-state index is 10.7. The second-order valence-corrected chi connectivity index (χ2v) is 4.26. The number of rotatable bonds is 3. The number of ether oxygens (including phenoxy) is 1. The van der Waals surface area contributed by atoms with E-state index in [4.69, 9.17) is 9.84 Å². The molecule has 14 heavy (non-hydrogen) atoms. The number of nitrogens with zero attached hydrogens (tertiary/aromatic N) is 1. The molecule has 4 heteroatoms. The summed E-state index contributed by atoms with van der Waals surface area (Å²) in [6, 6.07) is 0.800. The van der Waals surface area contributed by atoms with Gasteiger partial charge >= 0.3 is 5.97 Å². The monoisotopic (exact) mass is 199 g/mol. The van der Waals surface area contributed by atoms with Crippen LogP contribution in [0.5, 0.6) is 0 Å². The molecule has 0 radical (unpaired) electrons. The van der Waals surface area contributed by atoms with Gasteiger partial charge in [0.25, 0.3) is 0 Å². The van der Waals surface area contributed by atoms with Crippen molar-refractivity contribution in [3.8, 4) is 0 Å². The second-order valence-electron chi connectivity index (χ2n) is 4.26. The van der Waals surface area contributed by atoms with Crippen LogP contribution < -0.4 is 0 Å². The smallest absolute Gasteiger partial charge is 0.308 e. The molecule has 0 spiro atoms. The first-order valence-electron chi connectivity index (χ1n) is 5.22. The molecular formula is C10H17NO3. The minimum Gasteiger partial charge on any atom is -0.481 e. The van der Waals surface area contributed by atoms with E-state index < -0.39 is 5.97 Å². The van der Waals surface area contributed by atoms with E-state index in [1.807, 2.05) is 7.05 Å². The molecular weight excluding hydrogens is 182 g/mol. The maximum Gasteiger partial charge on any atom is 0.308 e. The number of hydrogen-bond donors (Lipinski definition) is 1. The standard InChI is InChI=1S/C10H17NO3/c1-11(7-2-4-14-5-3-7)9-6-8(9)10(12)13/h7-9H,2-6H2,1H3,(H,12,13). The van der Waals surface area contributed by atoms with Crippen molar-refractivity contribution in [2.24, 2.45) is 5.92 Å². The molecule has 1 aliphatic heterocycles. The van der Waals surface area contributed by atoms with E-state index >= 15 is 0 Å². The molecule has 4 nitrogen and oxygen atoms in total. The van der Waals surface area contributed by atoms with Gasteiger partial charge in [0.15, 0.2) is 0 Å². The van der Waals surface area contributed by atoms with Crippen molar-refractivity contribution in [3.63, 3.8) is 0 Å². The van der Waals surface area contributed by atoms with Crippen LogP contribution in [-0.4, -0.2) is 48.3 Å². The third-order valence-electron chi connectivity index (χ3n) is 3.36. The normalized spacial score (nSPS) is 33.3. The molecule has 0 aromatic rings. The van der Waals surface area contributed by atoms with E-state index in [-0.39, 0.29) is 12.0 Å². The lowest BCUT2D eigenvalue weighted by Crippen LogP contribution is -2.39. The highest BCUT2D eigenvalue weighted by atomic mass is 16.5. The van der Waals surface area contributed by atoms with Crippen LogP contribution in [0.3, 0.4) is 0 Å². The van der Waals surface area contributed by atoms with Gasteiger partial charge in [-0.1, -0.05) is 0 Å². The molecule has 0 aromatic carbocycles. The van der Waals surface area contributed by atoms with Crippen LogP contribution in [0.4, 0.5) is 0 Å². The van der Waals surface area contributed by atoms with Crippen LogP contribution in [0, 0.1) is 5.92 Å². The van der Waals surface area contributed by atoms with Crippen LogP contribution in [0.2, 0.25) is 0 Å². The van der Waals surface area contributed by atoms with Gasteiger partial charge in [0.2, 0.25) is 0 Å². The average molecular weight is 199 g/mol. The zero-order chi connectivity index (χ0) is 10.1. The molecule has 0 aromatic heterocycles. The Hall–Kier alpha value is -0.610. The Kier molecular flexibility index (Phi) is 2.74. The highest BCUT2D eigenvalue weighted by Gasteiger charge is 2.47. The molecule has 1 aliphatic carbocycles. The summed E-state index contributed by atoms with van der Waals surface area (Å²) < 4.78 is 5.28. The van der Waals surface area contributed by atoms with Crippen LogP contribution in [-0.2, 0) is 9.53 Å². The van der Waals surface area contributed by atoms with Gasteiger partial charge in [0.1, 0.15) is 0 Å². The predicted octanol–water partition coefficient (Wildman–Crippen LogP) is 0.570. The highest BCUT2D eigenvalue weighted by Crippen LogP contribution is 2.37. The van der Waals surface area contributed by atoms with Crippen molar-refractivity contribution < 1.29 is 14.6 Å². The fourth-order valence-electron chi connectivity index (χ4n) is 2.26. The summed E-state index contributed by atoms with van der Waals surface area (Å²) in [6.07, 6.45) is 2.90. The Labute approximate surface area is 83.8 Å². The van der Waals surface area contributed by atoms with Gasteiger partial charge in [-0.15, -0.1) is 0 Å². The molecule has 2 aliphatic rings. The Bertz CT molecular complexity index is 225. The van der Waals surface area contributed by atoms with Crippen LogP contribution in [0.25, 0.3) is 0 Å². The first kappa shape index (κ1) is 9.93. The molecule has 2 atom stereocenters. The summed E-state index contributed by atoms with van der Waals surface area (Å²) in [5.74, 6) is -0.767. The molecule has 80 valence electrons. The van der Waals surface area contributed by atoms with E-state index in [1.54, 1.807) is 0 Å². The first-order valence-corrected chi connectivity index (χ1v) is 5.22. The molecule has 1 saturated heterocycles. The number of carboxylic acid groups (broad SMARTS) is 1. The van der Waals surface area contributed by atoms with Crippen molar-refractivity contribution in [1.29, 1.82) is 0 Å². The summed E-state index contributed by atoms with van der Waals surface area (Å²) in [7, 11) is 2.05. The molecule has 0 bridgehead atoms. The van der Waals surface area contributed by atoms with E-state index in [9.17, 15) is 4.79 Å². The van der Waals surface area contributed by atoms with Crippen molar-refractivity contribution in [2.45, 2.75) is 31.3 Å². The van der Waals surface area contributed by atoms with Gasteiger partial charge in [-0.25, -0.2) is 0 Å². The Morgan fingerprint density at radius 2 is 2.07 bits per heavy atom. The Balaban J connectivity index is 1.83. The third kappa shape index (κ3) is 1.91. The predicted molar refractivity (Wildman–Crippen MR) is 51.1 cm³/mol. The summed E-state index contributed by atoms with van der Waals surface area (Å²) in [6.45, 7) is 1.64. The van der Waals surface area contributed by atoms with Gasteiger partial charge in [-0.3, -0.25) is 9.69 Å². The fraction of sp³-hybridized carbons (Fsp3) is 0.900. The SMILES string of the molecule is CN(C1CCOCC1)C1CC1C(=O)O. The van der Waals surface area contributed by atoms with E-state index in [0.29, 0.717) is 6.04 Å². The zero-order valence-electron chi connectivity index (χ0n) is 8.48. The average Bonchev–Trinajstić information content (AvgIpc) is 2.97. The van der Waals surface area contributed by atoms with Gasteiger partial charge < -0.3 is 9.84 Å². The third-order valence-corrected chi connectivity index (χ3v) is 3.36. The second kappa shape index (κ2) is 3.87. The van der Waals surface area contributed by atoms with Gasteiger partial charge in [0.05, 0.1) is 5.92 Å². The molecule has 2 fully saturated rings. The topological polar surface area (TPSA) is 49.8 Å². The summed E-state index contributed by atoms with van der Waals surface area (Å²) in [5.41, 5.74) is 0. The van der Waals surface area contributed by atoms with Crippen molar-refractivity contribution in [3.05, 3.63) is 0 Å². The minimum absolute atomic E-state index is 0.122. The minimum atomic E-state index is -0.645. The molecule has 0 amide bonds. The summed E-state index contributed by atoms with van der Waals surface area (Å²) >= 11 is 0. The van der Waals surface area contributed by atoms with Gasteiger partial charge in [0, 0.05) is 25.3 Å². The van der Waals surface area contributed by atoms with Crippen molar-refractivity contribution in [1.82, 2.24) is 4.90 Å². The van der Waals surface area contributed by atoms with Crippen LogP contribution in [0.1, 0.15) is 19.3 Å². The zero-order valence-corrected chi connectivity index (χ0v) is 8.48. The molecule has 1 saturated carbocycles. The largest absolute Gasteiger partial charge is 0.481 e. The highest BCUT2D eigenvalue weighted by molar-refractivity contribution is 5.74. The number of hydrogen-bond acceptors (Lipinski definition) is 3.